The number of ether oxygens (including phenoxy) is 1. The van der Waals surface area contributed by atoms with Crippen LogP contribution in [0, 0.1) is 0 Å². The number of rotatable bonds is 6. The third kappa shape index (κ3) is 4.24. The van der Waals surface area contributed by atoms with E-state index in [9.17, 15) is 0 Å². The van der Waals surface area contributed by atoms with Crippen LogP contribution in [0.3, 0.4) is 0 Å². The lowest BCUT2D eigenvalue weighted by atomic mass is 10.1. The molecule has 0 bridgehead atoms. The van der Waals surface area contributed by atoms with Crippen molar-refractivity contribution >= 4 is 17.2 Å². The standard InChI is InChI=1S/C16H19N3OS/c1-19(10-12-5-3-7-14(9-12)20-2)11-13-6-4-8-18-15(13)16(17)21/h3-9H,10-11H2,1-2H3,(H2,17,21). The molecule has 0 saturated heterocycles. The summed E-state index contributed by atoms with van der Waals surface area (Å²) in [6, 6.07) is 12.0. The van der Waals surface area contributed by atoms with Crippen molar-refractivity contribution in [2.24, 2.45) is 5.73 Å². The normalized spacial score (nSPS) is 10.6. The molecule has 1 heterocycles. The van der Waals surface area contributed by atoms with Gasteiger partial charge in [0.2, 0.25) is 0 Å². The van der Waals surface area contributed by atoms with E-state index in [4.69, 9.17) is 22.7 Å². The van der Waals surface area contributed by atoms with E-state index >= 15 is 0 Å². The van der Waals surface area contributed by atoms with Crippen molar-refractivity contribution in [1.82, 2.24) is 9.88 Å². The van der Waals surface area contributed by atoms with E-state index in [1.165, 1.54) is 5.56 Å². The molecule has 2 aromatic rings. The highest BCUT2D eigenvalue weighted by Gasteiger charge is 2.09. The first-order chi connectivity index (χ1) is 10.1. The molecule has 2 rings (SSSR count). The van der Waals surface area contributed by atoms with Crippen molar-refractivity contribution in [3.05, 3.63) is 59.4 Å². The number of pyridine rings is 1. The van der Waals surface area contributed by atoms with E-state index < -0.39 is 0 Å². The summed E-state index contributed by atoms with van der Waals surface area (Å²) < 4.78 is 5.24. The molecule has 21 heavy (non-hydrogen) atoms. The van der Waals surface area contributed by atoms with E-state index in [0.29, 0.717) is 10.7 Å². The maximum absolute atomic E-state index is 5.71. The smallest absolute Gasteiger partial charge is 0.123 e. The van der Waals surface area contributed by atoms with Crippen LogP contribution in [0.5, 0.6) is 5.75 Å². The fourth-order valence-electron chi connectivity index (χ4n) is 2.22. The first kappa shape index (κ1) is 15.4. The summed E-state index contributed by atoms with van der Waals surface area (Å²) in [4.78, 5) is 6.77. The Morgan fingerprint density at radius 2 is 2.10 bits per heavy atom. The summed E-state index contributed by atoms with van der Waals surface area (Å²) in [6.07, 6.45) is 1.71. The zero-order valence-electron chi connectivity index (χ0n) is 12.2. The maximum Gasteiger partial charge on any atom is 0.123 e. The molecule has 110 valence electrons. The van der Waals surface area contributed by atoms with Gasteiger partial charge in [0, 0.05) is 19.3 Å². The van der Waals surface area contributed by atoms with Gasteiger partial charge in [-0.2, -0.15) is 0 Å². The molecule has 1 aromatic carbocycles. The van der Waals surface area contributed by atoms with Gasteiger partial charge in [0.15, 0.2) is 0 Å². The number of hydrogen-bond donors (Lipinski definition) is 1. The Hall–Kier alpha value is -1.98. The molecule has 0 aliphatic heterocycles. The minimum absolute atomic E-state index is 0.334. The Balaban J connectivity index is 2.08. The Kier molecular flexibility index (Phi) is 5.25. The number of thiocarbonyl (C=S) groups is 1. The molecule has 0 aliphatic rings. The number of aromatic nitrogens is 1. The van der Waals surface area contributed by atoms with Crippen LogP contribution in [0.25, 0.3) is 0 Å². The predicted molar refractivity (Wildman–Crippen MR) is 88.3 cm³/mol. The molecule has 4 nitrogen and oxygen atoms in total. The highest BCUT2D eigenvalue weighted by molar-refractivity contribution is 7.80. The molecule has 0 unspecified atom stereocenters. The zero-order chi connectivity index (χ0) is 15.2. The van der Waals surface area contributed by atoms with Crippen LogP contribution in [0.4, 0.5) is 0 Å². The Bertz CT molecular complexity index is 630. The summed E-state index contributed by atoms with van der Waals surface area (Å²) in [5.41, 5.74) is 8.64. The highest BCUT2D eigenvalue weighted by Crippen LogP contribution is 2.15. The van der Waals surface area contributed by atoms with Gasteiger partial charge in [0.05, 0.1) is 7.11 Å². The summed E-state index contributed by atoms with van der Waals surface area (Å²) in [5.74, 6) is 0.867. The van der Waals surface area contributed by atoms with Gasteiger partial charge in [-0.05, 0) is 36.4 Å². The number of benzene rings is 1. The largest absolute Gasteiger partial charge is 0.497 e. The Morgan fingerprint density at radius 3 is 2.81 bits per heavy atom. The highest BCUT2D eigenvalue weighted by atomic mass is 32.1. The minimum Gasteiger partial charge on any atom is -0.497 e. The maximum atomic E-state index is 5.71. The van der Waals surface area contributed by atoms with Gasteiger partial charge >= 0.3 is 0 Å². The van der Waals surface area contributed by atoms with Gasteiger partial charge in [-0.25, -0.2) is 0 Å². The third-order valence-electron chi connectivity index (χ3n) is 3.15. The molecule has 0 aliphatic carbocycles. The molecule has 0 saturated carbocycles. The van der Waals surface area contributed by atoms with Crippen molar-refractivity contribution in [3.8, 4) is 5.75 Å². The Morgan fingerprint density at radius 1 is 1.29 bits per heavy atom. The fourth-order valence-corrected chi connectivity index (χ4v) is 2.40. The topological polar surface area (TPSA) is 51.4 Å². The number of methoxy groups -OCH3 is 1. The zero-order valence-corrected chi connectivity index (χ0v) is 13.1. The summed E-state index contributed by atoms with van der Waals surface area (Å²) in [6.45, 7) is 1.54. The van der Waals surface area contributed by atoms with E-state index in [-0.39, 0.29) is 0 Å². The number of nitrogens with two attached hydrogens (primary N) is 1. The van der Waals surface area contributed by atoms with Gasteiger partial charge < -0.3 is 10.5 Å². The number of nitrogens with zero attached hydrogens (tertiary/aromatic N) is 2. The molecule has 5 heteroatoms. The lowest BCUT2D eigenvalue weighted by molar-refractivity contribution is 0.317. The van der Waals surface area contributed by atoms with Gasteiger partial charge in [-0.3, -0.25) is 9.88 Å². The summed E-state index contributed by atoms with van der Waals surface area (Å²) >= 11 is 5.05. The number of hydrogen-bond acceptors (Lipinski definition) is 4. The molecule has 0 radical (unpaired) electrons. The summed E-state index contributed by atoms with van der Waals surface area (Å²) in [7, 11) is 3.72. The lowest BCUT2D eigenvalue weighted by Crippen LogP contribution is -2.21. The van der Waals surface area contributed by atoms with E-state index in [1.54, 1.807) is 13.3 Å². The first-order valence-corrected chi connectivity index (χ1v) is 7.06. The van der Waals surface area contributed by atoms with Crippen molar-refractivity contribution in [3.63, 3.8) is 0 Å². The van der Waals surface area contributed by atoms with Gasteiger partial charge in [0.1, 0.15) is 16.4 Å². The van der Waals surface area contributed by atoms with Gasteiger partial charge in [-0.15, -0.1) is 0 Å². The van der Waals surface area contributed by atoms with Crippen LogP contribution < -0.4 is 10.5 Å². The van der Waals surface area contributed by atoms with Crippen LogP contribution in [0.1, 0.15) is 16.8 Å². The second kappa shape index (κ2) is 7.15. The molecule has 0 atom stereocenters. The lowest BCUT2D eigenvalue weighted by Gasteiger charge is -2.18. The van der Waals surface area contributed by atoms with Crippen molar-refractivity contribution < 1.29 is 4.74 Å². The monoisotopic (exact) mass is 301 g/mol. The SMILES string of the molecule is COc1cccc(CN(C)Cc2cccnc2C(N)=S)c1. The second-order valence-corrected chi connectivity index (χ2v) is 5.34. The van der Waals surface area contributed by atoms with E-state index in [1.807, 2.05) is 30.3 Å². The average molecular weight is 301 g/mol. The molecular formula is C16H19N3OS. The van der Waals surface area contributed by atoms with Gasteiger partial charge in [-0.1, -0.05) is 30.4 Å². The second-order valence-electron chi connectivity index (χ2n) is 4.90. The first-order valence-electron chi connectivity index (χ1n) is 6.65. The minimum atomic E-state index is 0.334. The third-order valence-corrected chi connectivity index (χ3v) is 3.34. The van der Waals surface area contributed by atoms with Gasteiger partial charge in [0.25, 0.3) is 0 Å². The Labute approximate surface area is 130 Å². The van der Waals surface area contributed by atoms with Crippen molar-refractivity contribution in [2.75, 3.05) is 14.2 Å². The molecular weight excluding hydrogens is 282 g/mol. The summed E-state index contributed by atoms with van der Waals surface area (Å²) in [5, 5.41) is 0. The van der Waals surface area contributed by atoms with Crippen molar-refractivity contribution in [1.29, 1.82) is 0 Å². The van der Waals surface area contributed by atoms with Crippen LogP contribution in [-0.2, 0) is 13.1 Å². The quantitative estimate of drug-likeness (QED) is 0.830. The molecule has 2 N–H and O–H groups in total. The van der Waals surface area contributed by atoms with Crippen molar-refractivity contribution in [2.45, 2.75) is 13.1 Å². The van der Waals surface area contributed by atoms with E-state index in [0.717, 1.165) is 24.4 Å². The molecule has 0 spiro atoms. The fraction of sp³-hybridized carbons (Fsp3) is 0.250. The molecule has 1 aromatic heterocycles. The predicted octanol–water partition coefficient (Wildman–Crippen LogP) is 2.36. The van der Waals surface area contributed by atoms with E-state index in [2.05, 4.69) is 23.0 Å². The van der Waals surface area contributed by atoms with Crippen LogP contribution in [0.15, 0.2) is 42.6 Å². The van der Waals surface area contributed by atoms with Crippen LogP contribution in [0.2, 0.25) is 0 Å². The average Bonchev–Trinajstić information content (AvgIpc) is 2.47. The van der Waals surface area contributed by atoms with Crippen LogP contribution >= 0.6 is 12.2 Å². The molecule has 0 fully saturated rings. The molecule has 0 amide bonds. The van der Waals surface area contributed by atoms with Crippen LogP contribution in [-0.4, -0.2) is 29.0 Å².